The molecule has 0 aromatic heterocycles. The van der Waals surface area contributed by atoms with E-state index < -0.39 is 6.04 Å². The van der Waals surface area contributed by atoms with Crippen LogP contribution in [0.1, 0.15) is 66.8 Å². The van der Waals surface area contributed by atoms with Crippen LogP contribution in [-0.2, 0) is 4.79 Å². The number of hydrogen-bond acceptors (Lipinski definition) is 3. The van der Waals surface area contributed by atoms with E-state index in [1.807, 2.05) is 23.1 Å². The molecule has 5 nitrogen and oxygen atoms in total. The summed E-state index contributed by atoms with van der Waals surface area (Å²) in [6, 6.07) is 20.0. The van der Waals surface area contributed by atoms with Crippen molar-refractivity contribution in [1.82, 2.24) is 15.5 Å². The molecule has 4 rings (SSSR count). The molecule has 2 N–H and O–H groups in total. The van der Waals surface area contributed by atoms with Crippen LogP contribution in [0.3, 0.4) is 0 Å². The van der Waals surface area contributed by atoms with Crippen molar-refractivity contribution in [2.24, 2.45) is 0 Å². The molecule has 0 spiro atoms. The van der Waals surface area contributed by atoms with Crippen LogP contribution >= 0.6 is 0 Å². The van der Waals surface area contributed by atoms with Crippen LogP contribution in [0.5, 0.6) is 0 Å². The van der Waals surface area contributed by atoms with Gasteiger partial charge in [0.2, 0.25) is 5.91 Å². The summed E-state index contributed by atoms with van der Waals surface area (Å²) in [4.78, 5) is 27.8. The molecule has 5 heteroatoms. The van der Waals surface area contributed by atoms with Crippen molar-refractivity contribution in [3.05, 3.63) is 71.8 Å². The predicted molar refractivity (Wildman–Crippen MR) is 128 cm³/mol. The second-order valence-corrected chi connectivity index (χ2v) is 9.09. The highest BCUT2D eigenvalue weighted by molar-refractivity contribution is 5.97. The van der Waals surface area contributed by atoms with E-state index in [-0.39, 0.29) is 11.8 Å². The molecule has 1 unspecified atom stereocenters. The lowest BCUT2D eigenvalue weighted by molar-refractivity contribution is -0.134. The fourth-order valence-corrected chi connectivity index (χ4v) is 4.67. The number of unbranched alkanes of at least 4 members (excludes halogenated alkanes) is 1. The molecule has 1 aliphatic carbocycles. The molecule has 1 aliphatic heterocycles. The highest BCUT2D eigenvalue weighted by Gasteiger charge is 2.37. The molecule has 1 saturated heterocycles. The normalized spacial score (nSPS) is 21.1. The quantitative estimate of drug-likeness (QED) is 0.554. The highest BCUT2D eigenvalue weighted by Crippen LogP contribution is 2.40. The smallest absolute Gasteiger partial charge is 0.251 e. The van der Waals surface area contributed by atoms with Crippen molar-refractivity contribution < 1.29 is 9.59 Å². The van der Waals surface area contributed by atoms with E-state index in [0.29, 0.717) is 23.9 Å². The van der Waals surface area contributed by atoms with Gasteiger partial charge in [-0.2, -0.15) is 0 Å². The van der Waals surface area contributed by atoms with Gasteiger partial charge in [0.05, 0.1) is 0 Å². The second-order valence-electron chi connectivity index (χ2n) is 9.09. The first kappa shape index (κ1) is 22.5. The average Bonchev–Trinajstić information content (AvgIpc) is 3.64. The Labute approximate surface area is 191 Å². The Balaban J connectivity index is 1.24. The van der Waals surface area contributed by atoms with Crippen molar-refractivity contribution in [1.29, 1.82) is 0 Å². The molecule has 2 aromatic carbocycles. The summed E-state index contributed by atoms with van der Waals surface area (Å²) in [6.45, 7) is 2.56. The first-order valence-electron chi connectivity index (χ1n) is 12.2. The Kier molecular flexibility index (Phi) is 7.94. The summed E-state index contributed by atoms with van der Waals surface area (Å²) >= 11 is 0. The van der Waals surface area contributed by atoms with Crippen LogP contribution < -0.4 is 10.6 Å². The summed E-state index contributed by atoms with van der Waals surface area (Å²) in [5, 5.41) is 6.68. The Morgan fingerprint density at radius 2 is 1.59 bits per heavy atom. The molecule has 2 aliphatic rings. The topological polar surface area (TPSA) is 61.4 Å². The third kappa shape index (κ3) is 6.19. The zero-order valence-electron chi connectivity index (χ0n) is 18.8. The predicted octanol–water partition coefficient (Wildman–Crippen LogP) is 4.11. The number of nitrogens with zero attached hydrogens (tertiary/aromatic N) is 1. The van der Waals surface area contributed by atoms with Crippen molar-refractivity contribution in [3.8, 4) is 0 Å². The van der Waals surface area contributed by atoms with E-state index in [9.17, 15) is 9.59 Å². The van der Waals surface area contributed by atoms with Crippen molar-refractivity contribution in [2.45, 2.75) is 62.9 Å². The second kappa shape index (κ2) is 11.3. The Morgan fingerprint density at radius 3 is 2.31 bits per heavy atom. The van der Waals surface area contributed by atoms with Gasteiger partial charge in [-0.25, -0.2) is 0 Å². The van der Waals surface area contributed by atoms with Gasteiger partial charge in [0.1, 0.15) is 6.04 Å². The van der Waals surface area contributed by atoms with Gasteiger partial charge in [-0.3, -0.25) is 9.59 Å². The molecule has 1 heterocycles. The van der Waals surface area contributed by atoms with Crippen LogP contribution in [0.2, 0.25) is 0 Å². The maximum absolute atomic E-state index is 13.1. The van der Waals surface area contributed by atoms with Crippen molar-refractivity contribution in [2.75, 3.05) is 19.6 Å². The number of likely N-dealkylation sites (tertiary alicyclic amines) is 1. The molecular weight excluding hydrogens is 398 g/mol. The fraction of sp³-hybridized carbons (Fsp3) is 0.481. The van der Waals surface area contributed by atoms with E-state index in [2.05, 4.69) is 41.0 Å². The molecule has 3 atom stereocenters. The van der Waals surface area contributed by atoms with Crippen molar-refractivity contribution >= 4 is 11.8 Å². The summed E-state index contributed by atoms with van der Waals surface area (Å²) in [5.74, 6) is 0.547. The van der Waals surface area contributed by atoms with E-state index in [0.717, 1.165) is 45.3 Å². The third-order valence-corrected chi connectivity index (χ3v) is 6.65. The number of carbonyl (C=O) groups is 2. The zero-order chi connectivity index (χ0) is 22.2. The van der Waals surface area contributed by atoms with Gasteiger partial charge < -0.3 is 15.5 Å². The molecule has 170 valence electrons. The van der Waals surface area contributed by atoms with Crippen molar-refractivity contribution in [3.63, 3.8) is 0 Å². The molecule has 0 bridgehead atoms. The van der Waals surface area contributed by atoms with Crippen LogP contribution in [0.15, 0.2) is 60.7 Å². The molecular formula is C27H35N3O2. The van der Waals surface area contributed by atoms with Crippen LogP contribution in [0.4, 0.5) is 0 Å². The minimum absolute atomic E-state index is 0.0771. The third-order valence-electron chi connectivity index (χ3n) is 6.65. The first-order chi connectivity index (χ1) is 15.7. The van der Waals surface area contributed by atoms with E-state index in [1.165, 1.54) is 18.4 Å². The summed E-state index contributed by atoms with van der Waals surface area (Å²) in [6.07, 6.45) is 7.09. The largest absolute Gasteiger partial charge is 0.341 e. The molecule has 2 amide bonds. The molecule has 32 heavy (non-hydrogen) atoms. The number of hydrogen-bond donors (Lipinski definition) is 2. The van der Waals surface area contributed by atoms with Gasteiger partial charge in [0.25, 0.3) is 5.91 Å². The van der Waals surface area contributed by atoms with E-state index >= 15 is 0 Å². The van der Waals surface area contributed by atoms with Gasteiger partial charge in [0.15, 0.2) is 0 Å². The Bertz CT molecular complexity index is 865. The van der Waals surface area contributed by atoms with Gasteiger partial charge in [-0.1, -0.05) is 48.5 Å². The van der Waals surface area contributed by atoms with Gasteiger partial charge in [-0.15, -0.1) is 0 Å². The number of rotatable bonds is 10. The lowest BCUT2D eigenvalue weighted by atomic mass is 10.0. The van der Waals surface area contributed by atoms with Crippen LogP contribution in [-0.4, -0.2) is 48.4 Å². The number of piperidine rings is 1. The average molecular weight is 434 g/mol. The lowest BCUT2D eigenvalue weighted by Gasteiger charge is -2.31. The van der Waals surface area contributed by atoms with E-state index in [4.69, 9.17) is 0 Å². The summed E-state index contributed by atoms with van der Waals surface area (Å²) < 4.78 is 0. The summed E-state index contributed by atoms with van der Waals surface area (Å²) in [5.41, 5.74) is 2.02. The fourth-order valence-electron chi connectivity index (χ4n) is 4.67. The minimum atomic E-state index is -0.446. The Morgan fingerprint density at radius 1 is 0.906 bits per heavy atom. The summed E-state index contributed by atoms with van der Waals surface area (Å²) in [7, 11) is 0. The highest BCUT2D eigenvalue weighted by atomic mass is 16.2. The van der Waals surface area contributed by atoms with Gasteiger partial charge in [0, 0.05) is 30.6 Å². The molecule has 0 radical (unpaired) electrons. The van der Waals surface area contributed by atoms with Gasteiger partial charge in [-0.05, 0) is 69.2 Å². The molecule has 2 aromatic rings. The molecule has 2 fully saturated rings. The number of nitrogens with one attached hydrogen (secondary N) is 2. The van der Waals surface area contributed by atoms with Crippen LogP contribution in [0, 0.1) is 0 Å². The Hall–Kier alpha value is -2.66. The van der Waals surface area contributed by atoms with Gasteiger partial charge >= 0.3 is 0 Å². The van der Waals surface area contributed by atoms with Crippen LogP contribution in [0.25, 0.3) is 0 Å². The zero-order valence-corrected chi connectivity index (χ0v) is 18.8. The number of benzene rings is 2. The monoisotopic (exact) mass is 433 g/mol. The first-order valence-corrected chi connectivity index (χ1v) is 12.2. The SMILES string of the molecule is O=C(NC(CCCCN[C@@H]1C[C@H]1c1ccccc1)C(=O)N1CCCCC1)c1ccccc1. The number of amides is 2. The maximum atomic E-state index is 13.1. The number of carbonyl (C=O) groups excluding carboxylic acids is 2. The van der Waals surface area contributed by atoms with E-state index in [1.54, 1.807) is 12.1 Å². The maximum Gasteiger partial charge on any atom is 0.251 e. The standard InChI is InChI=1S/C27H35N3O2/c31-26(22-14-6-2-7-15-22)29-24(27(32)30-18-10-3-11-19-30)16-8-9-17-28-25-20-23(25)21-12-4-1-5-13-21/h1-2,4-7,12-15,23-25,28H,3,8-11,16-20H2,(H,29,31)/t23-,24?,25+/m0/s1. The molecule has 1 saturated carbocycles. The minimum Gasteiger partial charge on any atom is -0.341 e. The lowest BCUT2D eigenvalue weighted by Crippen LogP contribution is -2.50.